The zero-order valence-electron chi connectivity index (χ0n) is 12.7. The number of anilines is 1. The Hall–Kier alpha value is -2.67. The maximum Gasteiger partial charge on any atom is 0.413 e. The van der Waals surface area contributed by atoms with Crippen molar-refractivity contribution < 1.29 is 9.53 Å². The van der Waals surface area contributed by atoms with Crippen LogP contribution in [0.4, 0.5) is 9.93 Å². The van der Waals surface area contributed by atoms with Crippen LogP contribution in [0.3, 0.4) is 0 Å². The van der Waals surface area contributed by atoms with Crippen molar-refractivity contribution in [3.63, 3.8) is 0 Å². The smallest absolute Gasteiger partial charge is 0.413 e. The van der Waals surface area contributed by atoms with Gasteiger partial charge in [-0.25, -0.2) is 9.78 Å². The van der Waals surface area contributed by atoms with E-state index in [2.05, 4.69) is 15.3 Å². The first-order valence-electron chi connectivity index (χ1n) is 7.11. The Morgan fingerprint density at radius 2 is 2.26 bits per heavy atom. The summed E-state index contributed by atoms with van der Waals surface area (Å²) in [5.74, 6) is 0. The molecule has 0 unspecified atom stereocenters. The standard InChI is InChI=1S/C16H15N3O3S/c1-3-22-16(21)19-15-18-12(8-23-15)11-7-13(20)10-6-4-5-9(2)14(10)17-11/h4-8H,3H2,1-2H3,(H,17,20)(H,18,19,21). The zero-order valence-corrected chi connectivity index (χ0v) is 13.5. The van der Waals surface area contributed by atoms with Crippen molar-refractivity contribution in [1.82, 2.24) is 9.97 Å². The molecule has 6 nitrogen and oxygen atoms in total. The fraction of sp³-hybridized carbons (Fsp3) is 0.188. The number of ether oxygens (including phenoxy) is 1. The molecule has 2 heterocycles. The third-order valence-electron chi connectivity index (χ3n) is 3.34. The summed E-state index contributed by atoms with van der Waals surface area (Å²) in [4.78, 5) is 31.2. The van der Waals surface area contributed by atoms with E-state index in [1.54, 1.807) is 18.4 Å². The molecule has 3 rings (SSSR count). The van der Waals surface area contributed by atoms with Crippen LogP contribution >= 0.6 is 11.3 Å². The molecule has 0 aliphatic rings. The number of nitrogens with one attached hydrogen (secondary N) is 2. The summed E-state index contributed by atoms with van der Waals surface area (Å²) < 4.78 is 4.81. The molecule has 1 aromatic carbocycles. The Morgan fingerprint density at radius 3 is 3.04 bits per heavy atom. The highest BCUT2D eigenvalue weighted by atomic mass is 32.1. The van der Waals surface area contributed by atoms with Gasteiger partial charge in [-0.3, -0.25) is 10.1 Å². The van der Waals surface area contributed by atoms with Crippen LogP contribution in [0.15, 0.2) is 34.4 Å². The van der Waals surface area contributed by atoms with Crippen molar-refractivity contribution in [2.75, 3.05) is 11.9 Å². The molecule has 0 bridgehead atoms. The summed E-state index contributed by atoms with van der Waals surface area (Å²) in [7, 11) is 0. The second-order valence-corrected chi connectivity index (χ2v) is 5.79. The predicted molar refractivity (Wildman–Crippen MR) is 91.1 cm³/mol. The maximum absolute atomic E-state index is 12.3. The Bertz CT molecular complexity index is 930. The van der Waals surface area contributed by atoms with Gasteiger partial charge in [0.05, 0.1) is 23.5 Å². The molecule has 0 aliphatic carbocycles. The molecule has 0 radical (unpaired) electrons. The second-order valence-electron chi connectivity index (χ2n) is 4.93. The fourth-order valence-corrected chi connectivity index (χ4v) is 2.96. The summed E-state index contributed by atoms with van der Waals surface area (Å²) in [6.45, 7) is 3.97. The summed E-state index contributed by atoms with van der Waals surface area (Å²) >= 11 is 1.27. The number of carbonyl (C=O) groups excluding carboxylic acids is 1. The predicted octanol–water partition coefficient (Wildman–Crippen LogP) is 3.53. The third kappa shape index (κ3) is 3.09. The lowest BCUT2D eigenvalue weighted by molar-refractivity contribution is 0.168. The monoisotopic (exact) mass is 329 g/mol. The minimum absolute atomic E-state index is 0.0645. The van der Waals surface area contributed by atoms with Crippen LogP contribution in [0.5, 0.6) is 0 Å². The lowest BCUT2D eigenvalue weighted by atomic mass is 10.1. The number of amides is 1. The Morgan fingerprint density at radius 1 is 1.43 bits per heavy atom. The Kier molecular flexibility index (Phi) is 4.12. The van der Waals surface area contributed by atoms with Crippen molar-refractivity contribution in [2.45, 2.75) is 13.8 Å². The molecule has 2 aromatic heterocycles. The highest BCUT2D eigenvalue weighted by Crippen LogP contribution is 2.24. The first-order valence-corrected chi connectivity index (χ1v) is 7.98. The summed E-state index contributed by atoms with van der Waals surface area (Å²) in [6.07, 6.45) is -0.545. The van der Waals surface area contributed by atoms with Gasteiger partial charge in [-0.15, -0.1) is 11.3 Å². The molecule has 118 valence electrons. The SMILES string of the molecule is CCOC(=O)Nc1nc(-c2cc(=O)c3cccc(C)c3[nH]2)cs1. The van der Waals surface area contributed by atoms with E-state index in [0.29, 0.717) is 28.5 Å². The molecular formula is C16H15N3O3S. The average molecular weight is 329 g/mol. The van der Waals surface area contributed by atoms with E-state index in [4.69, 9.17) is 4.74 Å². The van der Waals surface area contributed by atoms with Gasteiger partial charge in [-0.05, 0) is 25.5 Å². The van der Waals surface area contributed by atoms with Crippen LogP contribution in [0.25, 0.3) is 22.3 Å². The number of hydrogen-bond donors (Lipinski definition) is 2. The average Bonchev–Trinajstić information content (AvgIpc) is 2.97. The number of fused-ring (bicyclic) bond motifs is 1. The molecular weight excluding hydrogens is 314 g/mol. The number of rotatable bonds is 3. The van der Waals surface area contributed by atoms with Crippen LogP contribution in [-0.2, 0) is 4.74 Å². The number of nitrogens with zero attached hydrogens (tertiary/aromatic N) is 1. The van der Waals surface area contributed by atoms with Crippen molar-refractivity contribution >= 4 is 33.5 Å². The molecule has 23 heavy (non-hydrogen) atoms. The van der Waals surface area contributed by atoms with E-state index >= 15 is 0 Å². The minimum Gasteiger partial charge on any atom is -0.450 e. The van der Waals surface area contributed by atoms with Gasteiger partial charge in [0.15, 0.2) is 10.6 Å². The molecule has 0 spiro atoms. The topological polar surface area (TPSA) is 84.1 Å². The Labute approximate surface area is 136 Å². The van der Waals surface area contributed by atoms with Crippen LogP contribution < -0.4 is 10.7 Å². The normalized spacial score (nSPS) is 10.7. The van der Waals surface area contributed by atoms with Gasteiger partial charge in [-0.2, -0.15) is 0 Å². The number of aromatic nitrogens is 2. The second kappa shape index (κ2) is 6.21. The first-order chi connectivity index (χ1) is 11.1. The summed E-state index contributed by atoms with van der Waals surface area (Å²) in [5, 5.41) is 5.39. The number of hydrogen-bond acceptors (Lipinski definition) is 5. The number of H-pyrrole nitrogens is 1. The first kappa shape index (κ1) is 15.2. The van der Waals surface area contributed by atoms with Crippen molar-refractivity contribution in [3.8, 4) is 11.4 Å². The van der Waals surface area contributed by atoms with Crippen LogP contribution in [0, 0.1) is 6.92 Å². The van der Waals surface area contributed by atoms with Crippen molar-refractivity contribution in [3.05, 3.63) is 45.4 Å². The van der Waals surface area contributed by atoms with E-state index in [1.165, 1.54) is 17.4 Å². The highest BCUT2D eigenvalue weighted by molar-refractivity contribution is 7.14. The van der Waals surface area contributed by atoms with E-state index in [9.17, 15) is 9.59 Å². The number of thiazole rings is 1. The molecule has 0 saturated carbocycles. The summed E-state index contributed by atoms with van der Waals surface area (Å²) in [6, 6.07) is 7.11. The number of carbonyl (C=O) groups is 1. The summed E-state index contributed by atoms with van der Waals surface area (Å²) in [5.41, 5.74) is 2.93. The molecule has 7 heteroatoms. The fourth-order valence-electron chi connectivity index (χ4n) is 2.27. The number of benzene rings is 1. The molecule has 2 N–H and O–H groups in total. The quantitative estimate of drug-likeness (QED) is 0.770. The lowest BCUT2D eigenvalue weighted by Crippen LogP contribution is -2.13. The van der Waals surface area contributed by atoms with Crippen LogP contribution in [-0.4, -0.2) is 22.7 Å². The highest BCUT2D eigenvalue weighted by Gasteiger charge is 2.11. The Balaban J connectivity index is 1.98. The van der Waals surface area contributed by atoms with Crippen LogP contribution in [0.2, 0.25) is 0 Å². The van der Waals surface area contributed by atoms with Crippen molar-refractivity contribution in [2.24, 2.45) is 0 Å². The van der Waals surface area contributed by atoms with Gasteiger partial charge >= 0.3 is 6.09 Å². The third-order valence-corrected chi connectivity index (χ3v) is 4.10. The van der Waals surface area contributed by atoms with Crippen molar-refractivity contribution in [1.29, 1.82) is 0 Å². The van der Waals surface area contributed by atoms with Gasteiger partial charge in [-0.1, -0.05) is 12.1 Å². The molecule has 3 aromatic rings. The van der Waals surface area contributed by atoms with Gasteiger partial charge < -0.3 is 9.72 Å². The molecule has 0 aliphatic heterocycles. The van der Waals surface area contributed by atoms with Gasteiger partial charge in [0.2, 0.25) is 0 Å². The lowest BCUT2D eigenvalue weighted by Gasteiger charge is -2.04. The van der Waals surface area contributed by atoms with E-state index < -0.39 is 6.09 Å². The molecule has 0 fully saturated rings. The van der Waals surface area contributed by atoms with Gasteiger partial charge in [0.25, 0.3) is 0 Å². The zero-order chi connectivity index (χ0) is 16.4. The number of aromatic amines is 1. The van der Waals surface area contributed by atoms with E-state index in [0.717, 1.165) is 11.1 Å². The molecule has 1 amide bonds. The maximum atomic E-state index is 12.3. The van der Waals surface area contributed by atoms with Gasteiger partial charge in [0.1, 0.15) is 0 Å². The largest absolute Gasteiger partial charge is 0.450 e. The number of aryl methyl sites for hydroxylation is 1. The van der Waals surface area contributed by atoms with E-state index in [1.807, 2.05) is 19.1 Å². The minimum atomic E-state index is -0.545. The van der Waals surface area contributed by atoms with Gasteiger partial charge in [0, 0.05) is 16.8 Å². The number of pyridine rings is 1. The molecule has 0 saturated heterocycles. The molecule has 0 atom stereocenters. The van der Waals surface area contributed by atoms with Crippen LogP contribution in [0.1, 0.15) is 12.5 Å². The number of para-hydroxylation sites is 1. The van der Waals surface area contributed by atoms with E-state index in [-0.39, 0.29) is 5.43 Å².